The molecule has 4 aromatic rings. The molecule has 0 radical (unpaired) electrons. The lowest BCUT2D eigenvalue weighted by molar-refractivity contribution is 0.0998. The monoisotopic (exact) mass is 305 g/mol. The lowest BCUT2D eigenvalue weighted by Crippen LogP contribution is -2.11. The Hall–Kier alpha value is -3.48. The first-order chi connectivity index (χ1) is 11.3. The minimum Gasteiger partial charge on any atom is -0.451 e. The molecule has 112 valence electrons. The van der Waals surface area contributed by atoms with Crippen molar-refractivity contribution in [3.05, 3.63) is 67.2 Å². The van der Waals surface area contributed by atoms with Gasteiger partial charge in [0.05, 0.1) is 18.1 Å². The Morgan fingerprint density at radius 3 is 2.74 bits per heavy atom. The number of imidazole rings is 1. The van der Waals surface area contributed by atoms with Crippen LogP contribution in [0.5, 0.6) is 0 Å². The number of aromatic nitrogens is 4. The fourth-order valence-corrected chi connectivity index (χ4v) is 2.18. The van der Waals surface area contributed by atoms with Crippen molar-refractivity contribution in [2.24, 2.45) is 0 Å². The normalized spacial score (nSPS) is 10.8. The number of amides is 1. The molecule has 3 heterocycles. The van der Waals surface area contributed by atoms with E-state index in [2.05, 4.69) is 20.3 Å². The molecule has 0 spiro atoms. The van der Waals surface area contributed by atoms with Crippen molar-refractivity contribution in [3.8, 4) is 5.95 Å². The van der Waals surface area contributed by atoms with Crippen LogP contribution in [-0.2, 0) is 0 Å². The first kappa shape index (κ1) is 13.2. The molecule has 1 amide bonds. The SMILES string of the molecule is O=C(Nc1cnc(-n2ccnc2)nc1)c1cc2ccccc2o1. The van der Waals surface area contributed by atoms with Gasteiger partial charge in [-0.3, -0.25) is 9.36 Å². The third-order valence-electron chi connectivity index (χ3n) is 3.28. The van der Waals surface area contributed by atoms with Gasteiger partial charge in [0.15, 0.2) is 5.76 Å². The molecule has 0 saturated heterocycles. The number of nitrogens with one attached hydrogen (secondary N) is 1. The lowest BCUT2D eigenvalue weighted by atomic mass is 10.2. The van der Waals surface area contributed by atoms with E-state index in [0.717, 1.165) is 5.39 Å². The summed E-state index contributed by atoms with van der Waals surface area (Å²) in [4.78, 5) is 24.5. The summed E-state index contributed by atoms with van der Waals surface area (Å²) in [6.07, 6.45) is 8.04. The third-order valence-corrected chi connectivity index (χ3v) is 3.28. The third kappa shape index (κ3) is 2.55. The number of furan rings is 1. The molecule has 3 aromatic heterocycles. The molecule has 1 aromatic carbocycles. The number of rotatable bonds is 3. The Kier molecular flexibility index (Phi) is 3.09. The standard InChI is InChI=1S/C16H11N5O2/c22-15(14-7-11-3-1-2-4-13(11)23-14)20-12-8-18-16(19-9-12)21-6-5-17-10-21/h1-10H,(H,20,22). The van der Waals surface area contributed by atoms with E-state index in [1.807, 2.05) is 24.3 Å². The molecule has 1 N–H and O–H groups in total. The Bertz CT molecular complexity index is 925. The van der Waals surface area contributed by atoms with Crippen LogP contribution in [0.3, 0.4) is 0 Å². The first-order valence-corrected chi connectivity index (χ1v) is 6.90. The highest BCUT2D eigenvalue weighted by molar-refractivity contribution is 6.04. The Morgan fingerprint density at radius 1 is 1.17 bits per heavy atom. The highest BCUT2D eigenvalue weighted by atomic mass is 16.3. The quantitative estimate of drug-likeness (QED) is 0.629. The Morgan fingerprint density at radius 2 is 2.00 bits per heavy atom. The van der Waals surface area contributed by atoms with Crippen molar-refractivity contribution < 1.29 is 9.21 Å². The van der Waals surface area contributed by atoms with Crippen LogP contribution in [0, 0.1) is 0 Å². The molecule has 4 rings (SSSR count). The topological polar surface area (TPSA) is 85.8 Å². The van der Waals surface area contributed by atoms with E-state index in [0.29, 0.717) is 17.2 Å². The molecule has 0 bridgehead atoms. The molecule has 23 heavy (non-hydrogen) atoms. The van der Waals surface area contributed by atoms with E-state index in [9.17, 15) is 4.79 Å². The summed E-state index contributed by atoms with van der Waals surface area (Å²) in [5.74, 6) is 0.370. The average Bonchev–Trinajstić information content (AvgIpc) is 3.25. The number of hydrogen-bond acceptors (Lipinski definition) is 5. The van der Waals surface area contributed by atoms with Crippen LogP contribution in [0.2, 0.25) is 0 Å². The second-order valence-electron chi connectivity index (χ2n) is 4.84. The fourth-order valence-electron chi connectivity index (χ4n) is 2.18. The number of para-hydroxylation sites is 1. The van der Waals surface area contributed by atoms with Gasteiger partial charge in [-0.1, -0.05) is 18.2 Å². The summed E-state index contributed by atoms with van der Waals surface area (Å²) in [5, 5.41) is 3.59. The zero-order valence-corrected chi connectivity index (χ0v) is 11.9. The maximum atomic E-state index is 12.2. The molecule has 7 nitrogen and oxygen atoms in total. The molecular formula is C16H11N5O2. The van der Waals surface area contributed by atoms with Gasteiger partial charge in [-0.05, 0) is 12.1 Å². The fraction of sp³-hybridized carbons (Fsp3) is 0. The number of hydrogen-bond donors (Lipinski definition) is 1. The largest absolute Gasteiger partial charge is 0.451 e. The lowest BCUT2D eigenvalue weighted by Gasteiger charge is -2.03. The number of carbonyl (C=O) groups excluding carboxylic acids is 1. The molecular weight excluding hydrogens is 294 g/mol. The van der Waals surface area contributed by atoms with Gasteiger partial charge in [0.1, 0.15) is 11.9 Å². The van der Waals surface area contributed by atoms with E-state index >= 15 is 0 Å². The van der Waals surface area contributed by atoms with Gasteiger partial charge in [0.25, 0.3) is 5.91 Å². The number of carbonyl (C=O) groups is 1. The summed E-state index contributed by atoms with van der Waals surface area (Å²) < 4.78 is 7.19. The second kappa shape index (κ2) is 5.38. The van der Waals surface area contributed by atoms with Gasteiger partial charge in [-0.15, -0.1) is 0 Å². The van der Waals surface area contributed by atoms with Crippen molar-refractivity contribution in [2.45, 2.75) is 0 Å². The molecule has 0 aliphatic heterocycles. The van der Waals surface area contributed by atoms with E-state index in [1.165, 1.54) is 12.4 Å². The van der Waals surface area contributed by atoms with Crippen LogP contribution < -0.4 is 5.32 Å². The van der Waals surface area contributed by atoms with E-state index in [-0.39, 0.29) is 11.7 Å². The van der Waals surface area contributed by atoms with Crippen LogP contribution in [0.1, 0.15) is 10.6 Å². The van der Waals surface area contributed by atoms with Gasteiger partial charge >= 0.3 is 0 Å². The zero-order valence-electron chi connectivity index (χ0n) is 11.9. The molecule has 7 heteroatoms. The minimum absolute atomic E-state index is 0.241. The molecule has 0 aliphatic rings. The highest BCUT2D eigenvalue weighted by Gasteiger charge is 2.12. The van der Waals surface area contributed by atoms with Gasteiger partial charge < -0.3 is 9.73 Å². The predicted octanol–water partition coefficient (Wildman–Crippen LogP) is 2.66. The summed E-state index contributed by atoms with van der Waals surface area (Å²) >= 11 is 0. The molecule has 0 fully saturated rings. The van der Waals surface area contributed by atoms with Crippen LogP contribution in [-0.4, -0.2) is 25.4 Å². The summed E-state index contributed by atoms with van der Waals surface area (Å²) in [5.41, 5.74) is 1.16. The molecule has 0 atom stereocenters. The maximum absolute atomic E-state index is 12.2. The van der Waals surface area contributed by atoms with Crippen LogP contribution in [0.15, 0.2) is 65.9 Å². The molecule has 0 saturated carbocycles. The van der Waals surface area contributed by atoms with Gasteiger partial charge in [-0.2, -0.15) is 0 Å². The van der Waals surface area contributed by atoms with Gasteiger partial charge in [-0.25, -0.2) is 15.0 Å². The zero-order chi connectivity index (χ0) is 15.6. The number of fused-ring (bicyclic) bond motifs is 1. The summed E-state index contributed by atoms with van der Waals surface area (Å²) in [6.45, 7) is 0. The van der Waals surface area contributed by atoms with Crippen molar-refractivity contribution in [1.82, 2.24) is 19.5 Å². The van der Waals surface area contributed by atoms with Crippen molar-refractivity contribution in [3.63, 3.8) is 0 Å². The maximum Gasteiger partial charge on any atom is 0.291 e. The second-order valence-corrected chi connectivity index (χ2v) is 4.84. The summed E-state index contributed by atoms with van der Waals surface area (Å²) in [7, 11) is 0. The minimum atomic E-state index is -0.347. The molecule has 0 aliphatic carbocycles. The molecule has 0 unspecified atom stereocenters. The predicted molar refractivity (Wildman–Crippen MR) is 83.3 cm³/mol. The number of nitrogens with zero attached hydrogens (tertiary/aromatic N) is 4. The van der Waals surface area contributed by atoms with E-state index in [4.69, 9.17) is 4.42 Å². The first-order valence-electron chi connectivity index (χ1n) is 6.90. The van der Waals surface area contributed by atoms with Crippen molar-refractivity contribution in [1.29, 1.82) is 0 Å². The highest BCUT2D eigenvalue weighted by Crippen LogP contribution is 2.19. The smallest absolute Gasteiger partial charge is 0.291 e. The number of benzene rings is 1. The Balaban J connectivity index is 1.54. The average molecular weight is 305 g/mol. The van der Waals surface area contributed by atoms with Crippen molar-refractivity contribution in [2.75, 3.05) is 5.32 Å². The number of anilines is 1. The van der Waals surface area contributed by atoms with Crippen LogP contribution >= 0.6 is 0 Å². The van der Waals surface area contributed by atoms with Gasteiger partial charge in [0.2, 0.25) is 5.95 Å². The Labute approximate surface area is 130 Å². The van der Waals surface area contributed by atoms with Crippen LogP contribution in [0.25, 0.3) is 16.9 Å². The van der Waals surface area contributed by atoms with Crippen molar-refractivity contribution >= 4 is 22.6 Å². The van der Waals surface area contributed by atoms with Crippen LogP contribution in [0.4, 0.5) is 5.69 Å². The summed E-state index contributed by atoms with van der Waals surface area (Å²) in [6, 6.07) is 9.15. The van der Waals surface area contributed by atoms with E-state index < -0.39 is 0 Å². The van der Waals surface area contributed by atoms with E-state index in [1.54, 1.807) is 29.4 Å². The van der Waals surface area contributed by atoms with Gasteiger partial charge in [0, 0.05) is 17.8 Å².